The molecule has 1 aliphatic carbocycles. The van der Waals surface area contributed by atoms with Gasteiger partial charge in [0.15, 0.2) is 0 Å². The van der Waals surface area contributed by atoms with E-state index in [1.54, 1.807) is 7.11 Å². The van der Waals surface area contributed by atoms with Crippen molar-refractivity contribution in [1.29, 1.82) is 0 Å². The van der Waals surface area contributed by atoms with E-state index in [2.05, 4.69) is 5.16 Å². The number of fused-ring (bicyclic) bond motifs is 3. The van der Waals surface area contributed by atoms with Crippen molar-refractivity contribution < 1.29 is 9.57 Å². The van der Waals surface area contributed by atoms with Crippen molar-refractivity contribution in [3.8, 4) is 11.6 Å². The molecule has 1 aliphatic heterocycles. The summed E-state index contributed by atoms with van der Waals surface area (Å²) in [6, 6.07) is 10.0. The quantitative estimate of drug-likeness (QED) is 0.839. The van der Waals surface area contributed by atoms with Gasteiger partial charge in [0.25, 0.3) is 0 Å². The number of methoxy groups -OCH3 is 1. The van der Waals surface area contributed by atoms with E-state index in [0.29, 0.717) is 12.5 Å². The fourth-order valence-electron chi connectivity index (χ4n) is 2.94. The standard InChI is InChI=1S/C15H15N3O2/c1-19-15-13-12(8-7-10-9-20-17-14(10)13)16-18(15)11-5-3-2-4-6-11/h2-6,10H,7-9H2,1H3. The number of nitrogens with zero attached hydrogens (tertiary/aromatic N) is 3. The fourth-order valence-corrected chi connectivity index (χ4v) is 2.94. The monoisotopic (exact) mass is 269 g/mol. The Morgan fingerprint density at radius 3 is 2.95 bits per heavy atom. The first-order valence-corrected chi connectivity index (χ1v) is 6.80. The molecule has 1 aromatic carbocycles. The SMILES string of the molecule is COc1c2c(nn1-c1ccccc1)CCC1CON=C21. The van der Waals surface area contributed by atoms with Crippen LogP contribution >= 0.6 is 0 Å². The number of hydrogen-bond donors (Lipinski definition) is 0. The van der Waals surface area contributed by atoms with Crippen LogP contribution in [0.3, 0.4) is 0 Å². The first kappa shape index (κ1) is 11.5. The molecule has 1 atom stereocenters. The Bertz CT molecular complexity index is 676. The van der Waals surface area contributed by atoms with Gasteiger partial charge in [-0.2, -0.15) is 5.10 Å². The summed E-state index contributed by atoms with van der Waals surface area (Å²) in [7, 11) is 1.68. The molecule has 4 rings (SSSR count). The Morgan fingerprint density at radius 2 is 2.15 bits per heavy atom. The molecule has 0 spiro atoms. The number of oxime groups is 1. The molecule has 0 fully saturated rings. The Balaban J connectivity index is 1.91. The maximum atomic E-state index is 5.61. The Morgan fingerprint density at radius 1 is 1.30 bits per heavy atom. The van der Waals surface area contributed by atoms with Crippen molar-refractivity contribution in [1.82, 2.24) is 9.78 Å². The van der Waals surface area contributed by atoms with Gasteiger partial charge in [-0.1, -0.05) is 23.4 Å². The average molecular weight is 269 g/mol. The lowest BCUT2D eigenvalue weighted by Gasteiger charge is -2.16. The summed E-state index contributed by atoms with van der Waals surface area (Å²) < 4.78 is 7.47. The highest BCUT2D eigenvalue weighted by molar-refractivity contribution is 6.06. The fraction of sp³-hybridized carbons (Fsp3) is 0.333. The Kier molecular flexibility index (Phi) is 2.52. The second-order valence-corrected chi connectivity index (χ2v) is 5.09. The molecule has 5 heteroatoms. The van der Waals surface area contributed by atoms with E-state index in [1.807, 2.05) is 35.0 Å². The number of rotatable bonds is 2. The summed E-state index contributed by atoms with van der Waals surface area (Å²) in [4.78, 5) is 5.26. The molecule has 0 bridgehead atoms. The minimum absolute atomic E-state index is 0.379. The third-order valence-corrected chi connectivity index (χ3v) is 3.92. The highest BCUT2D eigenvalue weighted by Crippen LogP contribution is 2.36. The molecule has 0 N–H and O–H groups in total. The van der Waals surface area contributed by atoms with Crippen molar-refractivity contribution >= 4 is 5.71 Å². The zero-order valence-electron chi connectivity index (χ0n) is 11.2. The lowest BCUT2D eigenvalue weighted by molar-refractivity contribution is 0.152. The third-order valence-electron chi connectivity index (χ3n) is 3.92. The largest absolute Gasteiger partial charge is 0.480 e. The number of hydrogen-bond acceptors (Lipinski definition) is 4. The number of para-hydroxylation sites is 1. The van der Waals surface area contributed by atoms with Gasteiger partial charge in [0, 0.05) is 5.92 Å². The van der Waals surface area contributed by atoms with Crippen LogP contribution in [-0.4, -0.2) is 29.2 Å². The number of aryl methyl sites for hydroxylation is 1. The van der Waals surface area contributed by atoms with Crippen LogP contribution in [-0.2, 0) is 11.3 Å². The van der Waals surface area contributed by atoms with Gasteiger partial charge in [-0.15, -0.1) is 0 Å². The first-order chi connectivity index (χ1) is 9.88. The van der Waals surface area contributed by atoms with Gasteiger partial charge in [-0.05, 0) is 25.0 Å². The number of aromatic nitrogens is 2. The molecular weight excluding hydrogens is 254 g/mol. The van der Waals surface area contributed by atoms with E-state index in [-0.39, 0.29) is 0 Å². The van der Waals surface area contributed by atoms with Crippen LogP contribution in [0.5, 0.6) is 5.88 Å². The summed E-state index contributed by atoms with van der Waals surface area (Å²) in [5.41, 5.74) is 4.05. The summed E-state index contributed by atoms with van der Waals surface area (Å²) in [5, 5.41) is 8.91. The minimum atomic E-state index is 0.379. The lowest BCUT2D eigenvalue weighted by Crippen LogP contribution is -2.21. The van der Waals surface area contributed by atoms with Crippen LogP contribution in [0, 0.1) is 5.92 Å². The molecule has 2 aromatic rings. The van der Waals surface area contributed by atoms with E-state index in [4.69, 9.17) is 14.7 Å². The molecule has 5 nitrogen and oxygen atoms in total. The number of ether oxygens (including phenoxy) is 1. The number of benzene rings is 1. The van der Waals surface area contributed by atoms with Crippen molar-refractivity contribution in [2.75, 3.05) is 13.7 Å². The zero-order chi connectivity index (χ0) is 13.5. The van der Waals surface area contributed by atoms with Crippen LogP contribution in [0.4, 0.5) is 0 Å². The van der Waals surface area contributed by atoms with Gasteiger partial charge in [-0.3, -0.25) is 0 Å². The zero-order valence-corrected chi connectivity index (χ0v) is 11.2. The van der Waals surface area contributed by atoms with E-state index in [0.717, 1.165) is 41.4 Å². The van der Waals surface area contributed by atoms with Crippen LogP contribution < -0.4 is 4.74 Å². The maximum absolute atomic E-state index is 5.61. The van der Waals surface area contributed by atoms with Gasteiger partial charge < -0.3 is 9.57 Å². The summed E-state index contributed by atoms with van der Waals surface area (Å²) in [6.45, 7) is 0.675. The normalized spacial score (nSPS) is 19.9. The molecule has 2 heterocycles. The topological polar surface area (TPSA) is 48.6 Å². The second-order valence-electron chi connectivity index (χ2n) is 5.09. The van der Waals surface area contributed by atoms with Gasteiger partial charge in [0.1, 0.15) is 12.3 Å². The molecule has 102 valence electrons. The molecule has 0 amide bonds. The van der Waals surface area contributed by atoms with E-state index < -0.39 is 0 Å². The molecule has 0 saturated carbocycles. The molecule has 2 aliphatic rings. The first-order valence-electron chi connectivity index (χ1n) is 6.80. The van der Waals surface area contributed by atoms with Crippen LogP contribution in [0.25, 0.3) is 5.69 Å². The summed E-state index contributed by atoms with van der Waals surface area (Å²) in [6.07, 6.45) is 1.99. The van der Waals surface area contributed by atoms with E-state index >= 15 is 0 Å². The van der Waals surface area contributed by atoms with Gasteiger partial charge >= 0.3 is 0 Å². The van der Waals surface area contributed by atoms with Crippen molar-refractivity contribution in [3.63, 3.8) is 0 Å². The van der Waals surface area contributed by atoms with E-state index in [9.17, 15) is 0 Å². The summed E-state index contributed by atoms with van der Waals surface area (Å²) in [5.74, 6) is 1.13. The Labute approximate surface area is 116 Å². The highest BCUT2D eigenvalue weighted by Gasteiger charge is 2.36. The summed E-state index contributed by atoms with van der Waals surface area (Å²) >= 11 is 0. The van der Waals surface area contributed by atoms with Crippen molar-refractivity contribution in [2.24, 2.45) is 11.1 Å². The van der Waals surface area contributed by atoms with E-state index in [1.165, 1.54) is 0 Å². The molecule has 0 radical (unpaired) electrons. The minimum Gasteiger partial charge on any atom is -0.480 e. The third kappa shape index (κ3) is 1.56. The maximum Gasteiger partial charge on any atom is 0.226 e. The second kappa shape index (κ2) is 4.37. The molecule has 1 aromatic heterocycles. The molecule has 0 saturated heterocycles. The van der Waals surface area contributed by atoms with Crippen molar-refractivity contribution in [3.05, 3.63) is 41.6 Å². The average Bonchev–Trinajstić information content (AvgIpc) is 3.11. The van der Waals surface area contributed by atoms with Crippen molar-refractivity contribution in [2.45, 2.75) is 12.8 Å². The molecule has 20 heavy (non-hydrogen) atoms. The molecule has 1 unspecified atom stereocenters. The van der Waals surface area contributed by atoms with Crippen LogP contribution in [0.15, 0.2) is 35.5 Å². The smallest absolute Gasteiger partial charge is 0.226 e. The molecular formula is C15H15N3O2. The Hall–Kier alpha value is -2.30. The van der Waals surface area contributed by atoms with Crippen LogP contribution in [0.2, 0.25) is 0 Å². The van der Waals surface area contributed by atoms with Gasteiger partial charge in [-0.25, -0.2) is 4.68 Å². The van der Waals surface area contributed by atoms with Crippen LogP contribution in [0.1, 0.15) is 17.7 Å². The predicted octanol–water partition coefficient (Wildman–Crippen LogP) is 2.18. The van der Waals surface area contributed by atoms with Gasteiger partial charge in [0.05, 0.1) is 24.1 Å². The van der Waals surface area contributed by atoms with Gasteiger partial charge in [0.2, 0.25) is 5.88 Å². The lowest BCUT2D eigenvalue weighted by atomic mass is 9.86. The highest BCUT2D eigenvalue weighted by atomic mass is 16.6. The predicted molar refractivity (Wildman–Crippen MR) is 74.4 cm³/mol.